The van der Waals surface area contributed by atoms with E-state index in [1.54, 1.807) is 12.1 Å². The summed E-state index contributed by atoms with van der Waals surface area (Å²) < 4.78 is 38.4. The third-order valence-electron chi connectivity index (χ3n) is 4.45. The van der Waals surface area contributed by atoms with Gasteiger partial charge in [0.05, 0.1) is 35.4 Å². The molecular formula is C21H18ClN3O7S. The number of non-ortho nitro benzene ring substituents is 1. The molecule has 0 spiro atoms. The molecule has 0 aromatic heterocycles. The fourth-order valence-corrected chi connectivity index (χ4v) is 4.15. The number of methoxy groups -OCH3 is 2. The van der Waals surface area contributed by atoms with E-state index < -0.39 is 20.9 Å². The lowest BCUT2D eigenvalue weighted by molar-refractivity contribution is -0.384. The summed E-state index contributed by atoms with van der Waals surface area (Å²) in [5, 5.41) is 14.0. The lowest BCUT2D eigenvalue weighted by atomic mass is 10.2. The van der Waals surface area contributed by atoms with Crippen molar-refractivity contribution in [1.82, 2.24) is 0 Å². The highest BCUT2D eigenvalue weighted by atomic mass is 35.5. The molecule has 0 aliphatic heterocycles. The summed E-state index contributed by atoms with van der Waals surface area (Å²) in [7, 11) is -1.49. The minimum Gasteiger partial charge on any atom is -0.495 e. The van der Waals surface area contributed by atoms with Gasteiger partial charge < -0.3 is 14.8 Å². The largest absolute Gasteiger partial charge is 0.495 e. The molecule has 10 nitrogen and oxygen atoms in total. The number of carbonyl (C=O) groups excluding carboxylic acids is 1. The number of rotatable bonds is 8. The molecule has 0 aliphatic rings. The van der Waals surface area contributed by atoms with Crippen molar-refractivity contribution in [3.63, 3.8) is 0 Å². The Morgan fingerprint density at radius 2 is 1.64 bits per heavy atom. The van der Waals surface area contributed by atoms with Gasteiger partial charge >= 0.3 is 0 Å². The average molecular weight is 492 g/mol. The first-order valence-electron chi connectivity index (χ1n) is 9.25. The van der Waals surface area contributed by atoms with Crippen LogP contribution in [0.4, 0.5) is 17.1 Å². The standard InChI is InChI=1S/C21H18ClN3O7S/c1-31-19-8-6-14(22)11-17(19)23-21(26)13-4-3-5-16(10-13)33(29,30)24-18-12-15(25(27)28)7-9-20(18)32-2/h3-12,24H,1-2H3,(H,23,26). The van der Waals surface area contributed by atoms with Gasteiger partial charge in [-0.2, -0.15) is 0 Å². The van der Waals surface area contributed by atoms with Crippen LogP contribution in [0.15, 0.2) is 65.6 Å². The number of nitro benzene ring substituents is 1. The Bertz CT molecular complexity index is 1330. The molecule has 172 valence electrons. The van der Waals surface area contributed by atoms with Crippen LogP contribution in [0.5, 0.6) is 11.5 Å². The molecule has 12 heteroatoms. The Morgan fingerprint density at radius 1 is 0.970 bits per heavy atom. The predicted molar refractivity (Wildman–Crippen MR) is 123 cm³/mol. The number of nitrogens with one attached hydrogen (secondary N) is 2. The van der Waals surface area contributed by atoms with E-state index in [0.29, 0.717) is 16.5 Å². The van der Waals surface area contributed by atoms with Crippen molar-refractivity contribution in [3.05, 3.63) is 81.4 Å². The van der Waals surface area contributed by atoms with Gasteiger partial charge in [0, 0.05) is 22.7 Å². The number of carbonyl (C=O) groups is 1. The number of halogens is 1. The second-order valence-electron chi connectivity index (χ2n) is 6.57. The minimum absolute atomic E-state index is 0.0471. The molecular weight excluding hydrogens is 474 g/mol. The number of hydrogen-bond donors (Lipinski definition) is 2. The van der Waals surface area contributed by atoms with Crippen molar-refractivity contribution in [2.45, 2.75) is 4.90 Å². The van der Waals surface area contributed by atoms with Crippen LogP contribution in [-0.2, 0) is 10.0 Å². The van der Waals surface area contributed by atoms with Crippen molar-refractivity contribution in [3.8, 4) is 11.5 Å². The minimum atomic E-state index is -4.22. The molecule has 0 heterocycles. The number of nitrogens with zero attached hydrogens (tertiary/aromatic N) is 1. The van der Waals surface area contributed by atoms with Gasteiger partial charge in [-0.25, -0.2) is 8.42 Å². The van der Waals surface area contributed by atoms with Crippen LogP contribution < -0.4 is 19.5 Å². The van der Waals surface area contributed by atoms with Gasteiger partial charge in [0.25, 0.3) is 21.6 Å². The van der Waals surface area contributed by atoms with E-state index >= 15 is 0 Å². The van der Waals surface area contributed by atoms with E-state index in [1.807, 2.05) is 0 Å². The van der Waals surface area contributed by atoms with Crippen molar-refractivity contribution >= 4 is 44.6 Å². The van der Waals surface area contributed by atoms with E-state index in [9.17, 15) is 23.3 Å². The Balaban J connectivity index is 1.90. The van der Waals surface area contributed by atoms with Crippen LogP contribution in [0.25, 0.3) is 0 Å². The molecule has 0 bridgehead atoms. The molecule has 33 heavy (non-hydrogen) atoms. The highest BCUT2D eigenvalue weighted by molar-refractivity contribution is 7.92. The Kier molecular flexibility index (Phi) is 7.04. The van der Waals surface area contributed by atoms with Gasteiger partial charge in [-0.3, -0.25) is 19.6 Å². The van der Waals surface area contributed by atoms with E-state index in [0.717, 1.165) is 6.07 Å². The zero-order valence-corrected chi connectivity index (χ0v) is 18.9. The lowest BCUT2D eigenvalue weighted by Gasteiger charge is -2.13. The fraction of sp³-hybridized carbons (Fsp3) is 0.0952. The quantitative estimate of drug-likeness (QED) is 0.353. The highest BCUT2D eigenvalue weighted by Gasteiger charge is 2.21. The molecule has 0 aliphatic carbocycles. The van der Waals surface area contributed by atoms with Crippen molar-refractivity contribution in [1.29, 1.82) is 0 Å². The van der Waals surface area contributed by atoms with Crippen molar-refractivity contribution in [2.24, 2.45) is 0 Å². The van der Waals surface area contributed by atoms with Crippen LogP contribution in [0.2, 0.25) is 5.02 Å². The van der Waals surface area contributed by atoms with Gasteiger partial charge in [0.15, 0.2) is 0 Å². The summed E-state index contributed by atoms with van der Waals surface area (Å²) in [6, 6.07) is 13.4. The van der Waals surface area contributed by atoms with Crippen LogP contribution in [0.1, 0.15) is 10.4 Å². The summed E-state index contributed by atoms with van der Waals surface area (Å²) in [6.07, 6.45) is 0. The summed E-state index contributed by atoms with van der Waals surface area (Å²) in [4.78, 5) is 22.9. The Hall–Kier alpha value is -3.83. The Morgan fingerprint density at radius 3 is 2.30 bits per heavy atom. The fourth-order valence-electron chi connectivity index (χ4n) is 2.87. The van der Waals surface area contributed by atoms with E-state index in [2.05, 4.69) is 10.0 Å². The summed E-state index contributed by atoms with van der Waals surface area (Å²) in [6.45, 7) is 0. The maximum absolute atomic E-state index is 12.9. The highest BCUT2D eigenvalue weighted by Crippen LogP contribution is 2.31. The van der Waals surface area contributed by atoms with Gasteiger partial charge in [0.2, 0.25) is 0 Å². The Labute approximate surface area is 194 Å². The normalized spacial score (nSPS) is 10.9. The molecule has 0 atom stereocenters. The number of benzene rings is 3. The van der Waals surface area contributed by atoms with E-state index in [-0.39, 0.29) is 27.6 Å². The topological polar surface area (TPSA) is 137 Å². The predicted octanol–water partition coefficient (Wildman–Crippen LogP) is 4.32. The molecule has 0 unspecified atom stereocenters. The second kappa shape index (κ2) is 9.76. The number of anilines is 2. The molecule has 3 rings (SSSR count). The molecule has 3 aromatic carbocycles. The SMILES string of the molecule is COc1ccc(Cl)cc1NC(=O)c1cccc(S(=O)(=O)Nc2cc([N+](=O)[O-])ccc2OC)c1. The summed E-state index contributed by atoms with van der Waals surface area (Å²) in [5.41, 5.74) is -0.0871. The number of amides is 1. The van der Waals surface area contributed by atoms with Crippen LogP contribution >= 0.6 is 11.6 Å². The maximum Gasteiger partial charge on any atom is 0.271 e. The number of nitro groups is 1. The van der Waals surface area contributed by atoms with E-state index in [1.165, 1.54) is 56.7 Å². The zero-order valence-electron chi connectivity index (χ0n) is 17.4. The first-order valence-corrected chi connectivity index (χ1v) is 11.1. The zero-order chi connectivity index (χ0) is 24.2. The number of ether oxygens (including phenoxy) is 2. The molecule has 0 fully saturated rings. The lowest BCUT2D eigenvalue weighted by Crippen LogP contribution is -2.16. The van der Waals surface area contributed by atoms with Gasteiger partial charge in [-0.15, -0.1) is 0 Å². The van der Waals surface area contributed by atoms with Gasteiger partial charge in [-0.1, -0.05) is 17.7 Å². The molecule has 3 aromatic rings. The van der Waals surface area contributed by atoms with Gasteiger partial charge in [-0.05, 0) is 42.5 Å². The number of sulfonamides is 1. The van der Waals surface area contributed by atoms with Crippen molar-refractivity contribution < 1.29 is 27.6 Å². The molecule has 1 amide bonds. The average Bonchev–Trinajstić information content (AvgIpc) is 2.79. The number of hydrogen-bond acceptors (Lipinski definition) is 7. The molecule has 0 saturated heterocycles. The van der Waals surface area contributed by atoms with Crippen molar-refractivity contribution in [2.75, 3.05) is 24.3 Å². The first kappa shape index (κ1) is 23.8. The smallest absolute Gasteiger partial charge is 0.271 e. The van der Waals surface area contributed by atoms with Gasteiger partial charge in [0.1, 0.15) is 11.5 Å². The summed E-state index contributed by atoms with van der Waals surface area (Å²) >= 11 is 5.97. The molecule has 0 saturated carbocycles. The van der Waals surface area contributed by atoms with Crippen LogP contribution in [-0.4, -0.2) is 33.5 Å². The monoisotopic (exact) mass is 491 g/mol. The first-order chi connectivity index (χ1) is 15.6. The summed E-state index contributed by atoms with van der Waals surface area (Å²) in [5.74, 6) is -0.136. The molecule has 0 radical (unpaired) electrons. The maximum atomic E-state index is 12.9. The van der Waals surface area contributed by atoms with Crippen LogP contribution in [0, 0.1) is 10.1 Å². The third-order valence-corrected chi connectivity index (χ3v) is 6.05. The second-order valence-corrected chi connectivity index (χ2v) is 8.69. The molecule has 2 N–H and O–H groups in total. The van der Waals surface area contributed by atoms with Crippen LogP contribution in [0.3, 0.4) is 0 Å². The van der Waals surface area contributed by atoms with E-state index in [4.69, 9.17) is 21.1 Å². The third kappa shape index (κ3) is 5.51.